The molecule has 1 aliphatic carbocycles. The van der Waals surface area contributed by atoms with E-state index in [1.165, 1.54) is 11.1 Å². The lowest BCUT2D eigenvalue weighted by atomic mass is 10.0. The van der Waals surface area contributed by atoms with Crippen molar-refractivity contribution in [3.8, 4) is 0 Å². The number of rotatable bonds is 2. The maximum Gasteiger partial charge on any atom is 0.325 e. The van der Waals surface area contributed by atoms with Crippen molar-refractivity contribution in [2.75, 3.05) is 0 Å². The van der Waals surface area contributed by atoms with Crippen molar-refractivity contribution < 1.29 is 9.90 Å². The van der Waals surface area contributed by atoms with E-state index in [4.69, 9.17) is 10.8 Å². The Kier molecular flexibility index (Phi) is 2.49. The van der Waals surface area contributed by atoms with Crippen LogP contribution in [-0.4, -0.2) is 11.1 Å². The number of hydrogen-bond acceptors (Lipinski definition) is 2. The number of nitrogens with two attached hydrogens (primary N) is 1. The fraction of sp³-hybridized carbons (Fsp3) is 0.417. The summed E-state index contributed by atoms with van der Waals surface area (Å²) in [5.74, 6) is -0.308. The van der Waals surface area contributed by atoms with Gasteiger partial charge < -0.3 is 10.8 Å². The number of aliphatic carboxylic acids is 1. The van der Waals surface area contributed by atoms with Crippen LogP contribution >= 0.6 is 0 Å². The standard InChI is InChI=1S/C12H15NO2/c1-7-4-8-2-3-9(6-10(8)5-7)11(13)12(14)15/h2-3,6-7,11H,4-5,13H2,1H3,(H,14,15). The molecule has 2 unspecified atom stereocenters. The zero-order chi connectivity index (χ0) is 11.0. The number of carboxylic acids is 1. The van der Waals surface area contributed by atoms with Gasteiger partial charge in [0.1, 0.15) is 6.04 Å². The Morgan fingerprint density at radius 3 is 2.80 bits per heavy atom. The van der Waals surface area contributed by atoms with Gasteiger partial charge in [-0.05, 0) is 35.4 Å². The predicted molar refractivity (Wildman–Crippen MR) is 57.6 cm³/mol. The molecule has 80 valence electrons. The van der Waals surface area contributed by atoms with Crippen LogP contribution in [0.5, 0.6) is 0 Å². The minimum Gasteiger partial charge on any atom is -0.480 e. The largest absolute Gasteiger partial charge is 0.480 e. The van der Waals surface area contributed by atoms with Gasteiger partial charge in [0.05, 0.1) is 0 Å². The van der Waals surface area contributed by atoms with Gasteiger partial charge in [-0.15, -0.1) is 0 Å². The molecule has 1 aliphatic rings. The van der Waals surface area contributed by atoms with E-state index in [-0.39, 0.29) is 0 Å². The summed E-state index contributed by atoms with van der Waals surface area (Å²) in [7, 11) is 0. The van der Waals surface area contributed by atoms with Crippen LogP contribution in [0.4, 0.5) is 0 Å². The van der Waals surface area contributed by atoms with E-state index in [0.29, 0.717) is 11.5 Å². The third-order valence-corrected chi connectivity index (χ3v) is 2.99. The molecule has 0 heterocycles. The Morgan fingerprint density at radius 1 is 1.47 bits per heavy atom. The lowest BCUT2D eigenvalue weighted by molar-refractivity contribution is -0.138. The van der Waals surface area contributed by atoms with Gasteiger partial charge in [0, 0.05) is 0 Å². The Morgan fingerprint density at radius 2 is 2.13 bits per heavy atom. The molecule has 2 atom stereocenters. The maximum absolute atomic E-state index is 10.7. The first-order chi connectivity index (χ1) is 7.08. The maximum atomic E-state index is 10.7. The minimum atomic E-state index is -0.971. The van der Waals surface area contributed by atoms with E-state index in [1.54, 1.807) is 0 Å². The van der Waals surface area contributed by atoms with E-state index in [9.17, 15) is 4.79 Å². The van der Waals surface area contributed by atoms with Gasteiger partial charge in [-0.3, -0.25) is 4.79 Å². The van der Waals surface area contributed by atoms with Crippen LogP contribution in [0.15, 0.2) is 18.2 Å². The van der Waals surface area contributed by atoms with Gasteiger partial charge in [-0.25, -0.2) is 0 Å². The first-order valence-electron chi connectivity index (χ1n) is 5.18. The van der Waals surface area contributed by atoms with E-state index < -0.39 is 12.0 Å². The van der Waals surface area contributed by atoms with Crippen molar-refractivity contribution in [3.63, 3.8) is 0 Å². The zero-order valence-electron chi connectivity index (χ0n) is 8.73. The van der Waals surface area contributed by atoms with Crippen molar-refractivity contribution in [2.45, 2.75) is 25.8 Å². The summed E-state index contributed by atoms with van der Waals surface area (Å²) < 4.78 is 0. The van der Waals surface area contributed by atoms with Gasteiger partial charge in [0.2, 0.25) is 0 Å². The fourth-order valence-electron chi connectivity index (χ4n) is 2.19. The predicted octanol–water partition coefficient (Wildman–Crippen LogP) is 1.51. The SMILES string of the molecule is CC1Cc2ccc(C(N)C(=O)O)cc2C1. The average molecular weight is 205 g/mol. The molecule has 0 aromatic heterocycles. The quantitative estimate of drug-likeness (QED) is 0.769. The number of carboxylic acid groups (broad SMARTS) is 1. The topological polar surface area (TPSA) is 63.3 Å². The molecule has 2 rings (SSSR count). The third kappa shape index (κ3) is 1.88. The molecule has 1 aromatic rings. The van der Waals surface area contributed by atoms with Crippen LogP contribution in [0.3, 0.4) is 0 Å². The summed E-state index contributed by atoms with van der Waals surface area (Å²) in [5, 5.41) is 8.81. The van der Waals surface area contributed by atoms with Crippen LogP contribution < -0.4 is 5.73 Å². The smallest absolute Gasteiger partial charge is 0.325 e. The highest BCUT2D eigenvalue weighted by molar-refractivity contribution is 5.75. The molecule has 3 N–H and O–H groups in total. The lowest BCUT2D eigenvalue weighted by Crippen LogP contribution is -2.20. The highest BCUT2D eigenvalue weighted by Gasteiger charge is 2.20. The molecular formula is C12H15NO2. The summed E-state index contributed by atoms with van der Waals surface area (Å²) in [6.45, 7) is 2.21. The number of carbonyl (C=O) groups is 1. The molecular weight excluding hydrogens is 190 g/mol. The molecule has 0 saturated carbocycles. The van der Waals surface area contributed by atoms with Crippen LogP contribution in [0.1, 0.15) is 29.7 Å². The van der Waals surface area contributed by atoms with Crippen LogP contribution in [0.2, 0.25) is 0 Å². The van der Waals surface area contributed by atoms with Crippen LogP contribution in [0, 0.1) is 5.92 Å². The van der Waals surface area contributed by atoms with E-state index in [2.05, 4.69) is 6.92 Å². The van der Waals surface area contributed by atoms with Crippen molar-refractivity contribution >= 4 is 5.97 Å². The molecule has 0 bridgehead atoms. The summed E-state index contributed by atoms with van der Waals surface area (Å²) in [4.78, 5) is 10.7. The zero-order valence-corrected chi connectivity index (χ0v) is 8.73. The summed E-state index contributed by atoms with van der Waals surface area (Å²) in [5.41, 5.74) is 8.87. The molecule has 3 nitrogen and oxygen atoms in total. The normalized spacial score (nSPS) is 21.1. The first kappa shape index (κ1) is 10.2. The Bertz CT molecular complexity index is 401. The number of benzene rings is 1. The van der Waals surface area contributed by atoms with Gasteiger partial charge >= 0.3 is 5.97 Å². The lowest BCUT2D eigenvalue weighted by Gasteiger charge is -2.08. The third-order valence-electron chi connectivity index (χ3n) is 2.99. The molecule has 15 heavy (non-hydrogen) atoms. The summed E-state index contributed by atoms with van der Waals surface area (Å²) in [6.07, 6.45) is 2.13. The fourth-order valence-corrected chi connectivity index (χ4v) is 2.19. The van der Waals surface area contributed by atoms with Crippen LogP contribution in [-0.2, 0) is 17.6 Å². The molecule has 0 fully saturated rings. The van der Waals surface area contributed by atoms with Crippen molar-refractivity contribution in [2.24, 2.45) is 11.7 Å². The molecule has 1 aromatic carbocycles. The molecule has 3 heteroatoms. The Labute approximate surface area is 88.9 Å². The van der Waals surface area contributed by atoms with Gasteiger partial charge in [0.15, 0.2) is 0 Å². The highest BCUT2D eigenvalue weighted by atomic mass is 16.4. The van der Waals surface area contributed by atoms with E-state index in [0.717, 1.165) is 12.8 Å². The summed E-state index contributed by atoms with van der Waals surface area (Å²) >= 11 is 0. The minimum absolute atomic E-state index is 0.663. The molecule has 0 spiro atoms. The van der Waals surface area contributed by atoms with Gasteiger partial charge in [-0.1, -0.05) is 25.1 Å². The van der Waals surface area contributed by atoms with Gasteiger partial charge in [-0.2, -0.15) is 0 Å². The van der Waals surface area contributed by atoms with Crippen molar-refractivity contribution in [3.05, 3.63) is 34.9 Å². The first-order valence-corrected chi connectivity index (χ1v) is 5.18. The van der Waals surface area contributed by atoms with Gasteiger partial charge in [0.25, 0.3) is 0 Å². The van der Waals surface area contributed by atoms with E-state index in [1.807, 2.05) is 18.2 Å². The average Bonchev–Trinajstić information content (AvgIpc) is 2.55. The second-order valence-electron chi connectivity index (χ2n) is 4.36. The Balaban J connectivity index is 2.31. The number of fused-ring (bicyclic) bond motifs is 1. The van der Waals surface area contributed by atoms with Crippen LogP contribution in [0.25, 0.3) is 0 Å². The second-order valence-corrected chi connectivity index (χ2v) is 4.36. The summed E-state index contributed by atoms with van der Waals surface area (Å²) in [6, 6.07) is 4.88. The Hall–Kier alpha value is -1.35. The highest BCUT2D eigenvalue weighted by Crippen LogP contribution is 2.28. The van der Waals surface area contributed by atoms with Crippen molar-refractivity contribution in [1.29, 1.82) is 0 Å². The number of hydrogen-bond donors (Lipinski definition) is 2. The molecule has 0 saturated heterocycles. The monoisotopic (exact) mass is 205 g/mol. The molecule has 0 amide bonds. The van der Waals surface area contributed by atoms with Crippen molar-refractivity contribution in [1.82, 2.24) is 0 Å². The molecule has 0 radical (unpaired) electrons. The van der Waals surface area contributed by atoms with E-state index >= 15 is 0 Å². The molecule has 0 aliphatic heterocycles. The second kappa shape index (κ2) is 3.66.